The summed E-state index contributed by atoms with van der Waals surface area (Å²) in [5.74, 6) is -1.12. The van der Waals surface area contributed by atoms with Gasteiger partial charge in [0.05, 0.1) is 25.3 Å². The molecule has 0 saturated carbocycles. The molecule has 0 fully saturated rings. The van der Waals surface area contributed by atoms with Crippen molar-refractivity contribution in [3.63, 3.8) is 0 Å². The van der Waals surface area contributed by atoms with E-state index in [9.17, 15) is 14.7 Å². The van der Waals surface area contributed by atoms with Gasteiger partial charge in [0.15, 0.2) is 11.4 Å². The molecule has 1 aromatic rings. The minimum Gasteiger partial charge on any atom is -0.502 e. The second-order valence-electron chi connectivity index (χ2n) is 4.50. The molecule has 0 spiro atoms. The third-order valence-electron chi connectivity index (χ3n) is 2.95. The van der Waals surface area contributed by atoms with Crippen molar-refractivity contribution < 1.29 is 24.5 Å². The number of aromatic hydroxyl groups is 1. The number of aromatic nitrogens is 2. The van der Waals surface area contributed by atoms with Crippen LogP contribution in [0, 0.1) is 0 Å². The van der Waals surface area contributed by atoms with E-state index in [2.05, 4.69) is 4.98 Å². The normalized spacial score (nSPS) is 13.6. The van der Waals surface area contributed by atoms with Gasteiger partial charge in [0.1, 0.15) is 12.4 Å². The quantitative estimate of drug-likeness (QED) is 0.507. The largest absolute Gasteiger partial charge is 0.502 e. The number of hydrogen-bond donors (Lipinski definition) is 2. The SMILES string of the molecule is CCn1c(C(CCl)(COC(C)=O)OCCO)ncc(O)c1=O. The fraction of sp³-hybridized carbons (Fsp3) is 0.615. The van der Waals surface area contributed by atoms with Crippen molar-refractivity contribution in [2.75, 3.05) is 25.7 Å². The summed E-state index contributed by atoms with van der Waals surface area (Å²) in [7, 11) is 0. The Bertz CT molecular complexity index is 576. The Hall–Kier alpha value is -1.64. The average Bonchev–Trinajstić information content (AvgIpc) is 2.51. The van der Waals surface area contributed by atoms with Crippen LogP contribution in [0.5, 0.6) is 5.75 Å². The predicted molar refractivity (Wildman–Crippen MR) is 77.9 cm³/mol. The third kappa shape index (κ3) is 3.96. The monoisotopic (exact) mass is 334 g/mol. The lowest BCUT2D eigenvalue weighted by Crippen LogP contribution is -2.44. The molecule has 124 valence electrons. The Labute approximate surface area is 132 Å². The van der Waals surface area contributed by atoms with Crippen molar-refractivity contribution in [1.29, 1.82) is 0 Å². The topological polar surface area (TPSA) is 111 Å². The Kier molecular flexibility index (Phi) is 6.79. The minimum absolute atomic E-state index is 0.0888. The van der Waals surface area contributed by atoms with E-state index in [1.807, 2.05) is 0 Å². The highest BCUT2D eigenvalue weighted by Gasteiger charge is 2.39. The molecular formula is C13H19ClN2O6. The highest BCUT2D eigenvalue weighted by atomic mass is 35.5. The van der Waals surface area contributed by atoms with Gasteiger partial charge in [0.25, 0.3) is 5.56 Å². The summed E-state index contributed by atoms with van der Waals surface area (Å²) in [6, 6.07) is 0. The lowest BCUT2D eigenvalue weighted by molar-refractivity contribution is -0.154. The Balaban J connectivity index is 3.39. The zero-order valence-electron chi connectivity index (χ0n) is 12.4. The number of carbonyl (C=O) groups excluding carboxylic acids is 1. The van der Waals surface area contributed by atoms with Gasteiger partial charge < -0.3 is 19.7 Å². The van der Waals surface area contributed by atoms with Gasteiger partial charge in [-0.2, -0.15) is 0 Å². The van der Waals surface area contributed by atoms with E-state index < -0.39 is 22.9 Å². The number of hydrogen-bond acceptors (Lipinski definition) is 7. The molecule has 1 rings (SSSR count). The molecule has 9 heteroatoms. The number of carbonyl (C=O) groups is 1. The van der Waals surface area contributed by atoms with Crippen molar-refractivity contribution >= 4 is 17.6 Å². The molecule has 0 aliphatic heterocycles. The number of aliphatic hydroxyl groups is 1. The van der Waals surface area contributed by atoms with Crippen LogP contribution in [-0.4, -0.2) is 51.4 Å². The fourth-order valence-electron chi connectivity index (χ4n) is 1.91. The van der Waals surface area contributed by atoms with Gasteiger partial charge in [0.2, 0.25) is 0 Å². The van der Waals surface area contributed by atoms with E-state index >= 15 is 0 Å². The number of ether oxygens (including phenoxy) is 2. The first-order chi connectivity index (χ1) is 10.4. The maximum atomic E-state index is 12.0. The molecular weight excluding hydrogens is 316 g/mol. The molecule has 1 aromatic heterocycles. The third-order valence-corrected chi connectivity index (χ3v) is 3.38. The summed E-state index contributed by atoms with van der Waals surface area (Å²) < 4.78 is 11.7. The van der Waals surface area contributed by atoms with Crippen molar-refractivity contribution in [2.45, 2.75) is 26.0 Å². The summed E-state index contributed by atoms with van der Waals surface area (Å²) in [6.45, 7) is 2.46. The fourth-order valence-corrected chi connectivity index (χ4v) is 2.18. The van der Waals surface area contributed by atoms with Crippen LogP contribution in [0.15, 0.2) is 11.0 Å². The van der Waals surface area contributed by atoms with E-state index in [1.54, 1.807) is 6.92 Å². The summed E-state index contributed by atoms with van der Waals surface area (Å²) in [5.41, 5.74) is -2.06. The smallest absolute Gasteiger partial charge is 0.302 e. The molecule has 0 saturated heterocycles. The van der Waals surface area contributed by atoms with Crippen LogP contribution in [-0.2, 0) is 26.4 Å². The van der Waals surface area contributed by atoms with Gasteiger partial charge in [0, 0.05) is 13.5 Å². The van der Waals surface area contributed by atoms with E-state index in [4.69, 9.17) is 26.2 Å². The molecule has 0 radical (unpaired) electrons. The summed E-state index contributed by atoms with van der Waals surface area (Å²) in [6.07, 6.45) is 0.987. The molecule has 0 bridgehead atoms. The zero-order valence-corrected chi connectivity index (χ0v) is 13.2. The number of nitrogens with zero attached hydrogens (tertiary/aromatic N) is 2. The maximum absolute atomic E-state index is 12.0. The standard InChI is InChI=1S/C13H19ClN2O6/c1-3-16-11(20)10(19)6-15-12(16)13(7-14,22-5-4-17)8-21-9(2)18/h6,17,19H,3-5,7-8H2,1-2H3. The molecule has 8 nitrogen and oxygen atoms in total. The van der Waals surface area contributed by atoms with E-state index in [-0.39, 0.29) is 38.1 Å². The summed E-state index contributed by atoms with van der Waals surface area (Å²) >= 11 is 5.98. The van der Waals surface area contributed by atoms with Gasteiger partial charge in [-0.25, -0.2) is 4.98 Å². The lowest BCUT2D eigenvalue weighted by Gasteiger charge is -2.32. The molecule has 1 heterocycles. The summed E-state index contributed by atoms with van der Waals surface area (Å²) in [5, 5.41) is 18.5. The number of aliphatic hydroxyl groups excluding tert-OH is 1. The first-order valence-corrected chi connectivity index (χ1v) is 7.18. The van der Waals surface area contributed by atoms with Crippen molar-refractivity contribution in [3.05, 3.63) is 22.4 Å². The van der Waals surface area contributed by atoms with Gasteiger partial charge >= 0.3 is 5.97 Å². The van der Waals surface area contributed by atoms with E-state index in [0.717, 1.165) is 6.20 Å². The molecule has 0 aliphatic carbocycles. The Morgan fingerprint density at radius 1 is 1.55 bits per heavy atom. The van der Waals surface area contributed by atoms with Crippen molar-refractivity contribution in [2.24, 2.45) is 0 Å². The second kappa shape index (κ2) is 8.11. The average molecular weight is 335 g/mol. The molecule has 1 atom stereocenters. The predicted octanol–water partition coefficient (Wildman–Crippen LogP) is -0.0251. The van der Waals surface area contributed by atoms with Gasteiger partial charge in [-0.3, -0.25) is 14.2 Å². The van der Waals surface area contributed by atoms with E-state index in [1.165, 1.54) is 11.5 Å². The number of esters is 1. The molecule has 22 heavy (non-hydrogen) atoms. The van der Waals surface area contributed by atoms with Gasteiger partial charge in [-0.05, 0) is 6.92 Å². The Morgan fingerprint density at radius 2 is 2.23 bits per heavy atom. The van der Waals surface area contributed by atoms with Crippen LogP contribution in [0.2, 0.25) is 0 Å². The van der Waals surface area contributed by atoms with Crippen LogP contribution in [0.1, 0.15) is 19.7 Å². The first kappa shape index (κ1) is 18.4. The molecule has 1 unspecified atom stereocenters. The highest BCUT2D eigenvalue weighted by molar-refractivity contribution is 6.18. The number of halogens is 1. The highest BCUT2D eigenvalue weighted by Crippen LogP contribution is 2.26. The number of rotatable bonds is 8. The molecule has 0 amide bonds. The van der Waals surface area contributed by atoms with Gasteiger partial charge in [-0.1, -0.05) is 0 Å². The molecule has 2 N–H and O–H groups in total. The lowest BCUT2D eigenvalue weighted by atomic mass is 10.1. The first-order valence-electron chi connectivity index (χ1n) is 6.65. The maximum Gasteiger partial charge on any atom is 0.302 e. The summed E-state index contributed by atoms with van der Waals surface area (Å²) in [4.78, 5) is 27.1. The van der Waals surface area contributed by atoms with Gasteiger partial charge in [-0.15, -0.1) is 11.6 Å². The van der Waals surface area contributed by atoms with Crippen LogP contribution in [0.3, 0.4) is 0 Å². The Morgan fingerprint density at radius 3 is 2.73 bits per heavy atom. The van der Waals surface area contributed by atoms with Crippen molar-refractivity contribution in [3.8, 4) is 5.75 Å². The van der Waals surface area contributed by atoms with Crippen LogP contribution >= 0.6 is 11.6 Å². The zero-order chi connectivity index (χ0) is 16.8. The van der Waals surface area contributed by atoms with E-state index in [0.29, 0.717) is 0 Å². The molecule has 0 aliphatic rings. The van der Waals surface area contributed by atoms with Crippen LogP contribution < -0.4 is 5.56 Å². The van der Waals surface area contributed by atoms with Crippen molar-refractivity contribution in [1.82, 2.24) is 9.55 Å². The van der Waals surface area contributed by atoms with Crippen LogP contribution in [0.4, 0.5) is 0 Å². The van der Waals surface area contributed by atoms with Crippen LogP contribution in [0.25, 0.3) is 0 Å². The molecule has 0 aromatic carbocycles. The minimum atomic E-state index is -1.40. The number of alkyl halides is 1. The second-order valence-corrected chi connectivity index (χ2v) is 4.76.